The molecule has 0 saturated heterocycles. The highest BCUT2D eigenvalue weighted by molar-refractivity contribution is 4.95. The molecule has 0 aliphatic rings. The van der Waals surface area contributed by atoms with E-state index in [1.165, 1.54) is 57.8 Å². The maximum atomic E-state index is 6.08. The Bertz CT molecular complexity index is 315. The van der Waals surface area contributed by atoms with E-state index in [0.29, 0.717) is 12.6 Å². The Kier molecular flexibility index (Phi) is 19.7. The molecule has 26 heavy (non-hydrogen) atoms. The van der Waals surface area contributed by atoms with Gasteiger partial charge in [0.25, 0.3) is 0 Å². The molecule has 0 aromatic heterocycles. The Morgan fingerprint density at radius 1 is 0.577 bits per heavy atom. The second-order valence-electron chi connectivity index (χ2n) is 6.89. The van der Waals surface area contributed by atoms with Crippen LogP contribution in [0.15, 0.2) is 11.7 Å². The van der Waals surface area contributed by atoms with Crippen LogP contribution in [0, 0.1) is 0 Å². The molecule has 0 saturated carbocycles. The smallest absolute Gasteiger partial charge is 0.321 e. The molecule has 0 N–H and O–H groups in total. The van der Waals surface area contributed by atoms with Crippen molar-refractivity contribution in [1.29, 1.82) is 0 Å². The third-order valence-corrected chi connectivity index (χ3v) is 4.30. The van der Waals surface area contributed by atoms with Crippen molar-refractivity contribution in [3.8, 4) is 0 Å². The minimum Gasteiger partial charge on any atom is -0.491 e. The van der Waals surface area contributed by atoms with Gasteiger partial charge in [-0.1, -0.05) is 78.6 Å². The Morgan fingerprint density at radius 3 is 1.65 bits per heavy atom. The average molecular weight is 373 g/mol. The monoisotopic (exact) mass is 372 g/mol. The molecule has 0 bridgehead atoms. The average Bonchev–Trinajstić information content (AvgIpc) is 2.66. The third kappa shape index (κ3) is 15.4. The van der Waals surface area contributed by atoms with Crippen LogP contribution in [-0.4, -0.2) is 27.1 Å². The van der Waals surface area contributed by atoms with Crippen LogP contribution < -0.4 is 0 Å². The Labute approximate surface area is 162 Å². The molecule has 0 atom stereocenters. The Hall–Kier alpha value is -0.900. The maximum Gasteiger partial charge on any atom is 0.321 e. The number of hydrogen-bond acceptors (Lipinski definition) is 4. The quantitative estimate of drug-likeness (QED) is 0.132. The van der Waals surface area contributed by atoms with Gasteiger partial charge < -0.3 is 18.9 Å². The van der Waals surface area contributed by atoms with Gasteiger partial charge in [0, 0.05) is 13.5 Å². The van der Waals surface area contributed by atoms with Gasteiger partial charge in [-0.15, -0.1) is 0 Å². The third-order valence-electron chi connectivity index (χ3n) is 4.30. The lowest BCUT2D eigenvalue weighted by Gasteiger charge is -2.17. The van der Waals surface area contributed by atoms with E-state index in [9.17, 15) is 0 Å². The lowest BCUT2D eigenvalue weighted by Crippen LogP contribution is -2.09. The van der Waals surface area contributed by atoms with Gasteiger partial charge in [-0.3, -0.25) is 0 Å². The first-order valence-electron chi connectivity index (χ1n) is 10.9. The minimum atomic E-state index is 0.196. The van der Waals surface area contributed by atoms with Crippen LogP contribution in [0.4, 0.5) is 0 Å². The molecule has 0 unspecified atom stereocenters. The molecule has 0 heterocycles. The predicted octanol–water partition coefficient (Wildman–Crippen LogP) is 6.94. The highest BCUT2D eigenvalue weighted by atomic mass is 16.7. The molecule has 0 spiro atoms. The fraction of sp³-hybridized carbons (Fsp3) is 0.909. The van der Waals surface area contributed by atoms with Crippen molar-refractivity contribution in [2.24, 2.45) is 0 Å². The van der Waals surface area contributed by atoms with Gasteiger partial charge >= 0.3 is 5.95 Å². The molecule has 0 fully saturated rings. The van der Waals surface area contributed by atoms with E-state index in [1.807, 2.05) is 0 Å². The molecular weight excluding hydrogens is 328 g/mol. The van der Waals surface area contributed by atoms with Crippen LogP contribution in [0.2, 0.25) is 0 Å². The summed E-state index contributed by atoms with van der Waals surface area (Å²) in [6.45, 7) is 8.28. The van der Waals surface area contributed by atoms with Crippen molar-refractivity contribution < 1.29 is 18.9 Å². The molecule has 4 heteroatoms. The number of hydrogen-bond donors (Lipinski definition) is 0. The van der Waals surface area contributed by atoms with Crippen molar-refractivity contribution >= 4 is 0 Å². The number of ether oxygens (including phenoxy) is 4. The molecule has 0 amide bonds. The number of rotatable bonds is 20. The van der Waals surface area contributed by atoms with Gasteiger partial charge in [-0.05, 0) is 19.3 Å². The van der Waals surface area contributed by atoms with E-state index in [-0.39, 0.29) is 6.79 Å². The summed E-state index contributed by atoms with van der Waals surface area (Å²) in [5, 5.41) is 0. The van der Waals surface area contributed by atoms with E-state index < -0.39 is 0 Å². The highest BCUT2D eigenvalue weighted by Gasteiger charge is 2.13. The fourth-order valence-electron chi connectivity index (χ4n) is 2.68. The predicted molar refractivity (Wildman–Crippen MR) is 109 cm³/mol. The number of allylic oxidation sites excluding steroid dienone is 1. The zero-order valence-electron chi connectivity index (χ0n) is 17.9. The Balaban J connectivity index is 4.65. The lowest BCUT2D eigenvalue weighted by atomic mass is 10.1. The summed E-state index contributed by atoms with van der Waals surface area (Å²) in [6.07, 6.45) is 15.2. The number of unbranched alkanes of at least 4 members (excludes halogenated alkanes) is 9. The minimum absolute atomic E-state index is 0.196. The van der Waals surface area contributed by atoms with E-state index in [0.717, 1.165) is 38.0 Å². The van der Waals surface area contributed by atoms with Gasteiger partial charge in [-0.25, -0.2) is 0 Å². The fourth-order valence-corrected chi connectivity index (χ4v) is 2.68. The van der Waals surface area contributed by atoms with Crippen LogP contribution in [0.5, 0.6) is 0 Å². The zero-order valence-corrected chi connectivity index (χ0v) is 17.9. The normalized spacial score (nSPS) is 12.0. The van der Waals surface area contributed by atoms with Crippen LogP contribution in [0.25, 0.3) is 0 Å². The first kappa shape index (κ1) is 25.1. The van der Waals surface area contributed by atoms with Gasteiger partial charge in [0.05, 0.1) is 13.2 Å². The molecular formula is C22H44O4. The lowest BCUT2D eigenvalue weighted by molar-refractivity contribution is -0.0692. The SMILES string of the molecule is CCCCCCOC(CCCCCC)=C(OCCCCCC)OCOC. The molecule has 156 valence electrons. The van der Waals surface area contributed by atoms with Crippen LogP contribution >= 0.6 is 0 Å². The van der Waals surface area contributed by atoms with Gasteiger partial charge in [-0.2, -0.15) is 0 Å². The largest absolute Gasteiger partial charge is 0.491 e. The maximum absolute atomic E-state index is 6.08. The topological polar surface area (TPSA) is 36.9 Å². The summed E-state index contributed by atoms with van der Waals surface area (Å²) >= 11 is 0. The molecule has 0 aromatic carbocycles. The van der Waals surface area contributed by atoms with Crippen molar-refractivity contribution in [3.05, 3.63) is 11.7 Å². The Morgan fingerprint density at radius 2 is 1.12 bits per heavy atom. The van der Waals surface area contributed by atoms with E-state index in [2.05, 4.69) is 20.8 Å². The van der Waals surface area contributed by atoms with Crippen LogP contribution in [0.1, 0.15) is 104 Å². The molecule has 0 radical (unpaired) electrons. The van der Waals surface area contributed by atoms with Gasteiger partial charge in [0.15, 0.2) is 12.6 Å². The standard InChI is InChI=1S/C22H44O4/c1-5-8-11-14-17-21(24-18-15-12-9-6-2)22(26-20-23-4)25-19-16-13-10-7-3/h5-20H2,1-4H3. The summed E-state index contributed by atoms with van der Waals surface area (Å²) < 4.78 is 22.8. The summed E-state index contributed by atoms with van der Waals surface area (Å²) in [5.74, 6) is 1.40. The van der Waals surface area contributed by atoms with Crippen LogP contribution in [0.3, 0.4) is 0 Å². The molecule has 0 aliphatic carbocycles. The molecule has 4 nitrogen and oxygen atoms in total. The zero-order chi connectivity index (χ0) is 19.3. The van der Waals surface area contributed by atoms with Crippen LogP contribution in [-0.2, 0) is 18.9 Å². The van der Waals surface area contributed by atoms with Gasteiger partial charge in [0.2, 0.25) is 0 Å². The number of methoxy groups -OCH3 is 1. The van der Waals surface area contributed by atoms with Crippen molar-refractivity contribution in [2.45, 2.75) is 104 Å². The van der Waals surface area contributed by atoms with E-state index in [1.54, 1.807) is 7.11 Å². The molecule has 0 aromatic rings. The van der Waals surface area contributed by atoms with Crippen molar-refractivity contribution in [3.63, 3.8) is 0 Å². The van der Waals surface area contributed by atoms with Crippen molar-refractivity contribution in [2.75, 3.05) is 27.1 Å². The van der Waals surface area contributed by atoms with Crippen molar-refractivity contribution in [1.82, 2.24) is 0 Å². The highest BCUT2D eigenvalue weighted by Crippen LogP contribution is 2.19. The summed E-state index contributed by atoms with van der Waals surface area (Å²) in [5.41, 5.74) is 0. The van der Waals surface area contributed by atoms with E-state index in [4.69, 9.17) is 18.9 Å². The molecule has 0 rings (SSSR count). The second-order valence-corrected chi connectivity index (χ2v) is 6.89. The first-order chi connectivity index (χ1) is 12.8. The first-order valence-corrected chi connectivity index (χ1v) is 10.9. The summed E-state index contributed by atoms with van der Waals surface area (Å²) in [7, 11) is 1.63. The summed E-state index contributed by atoms with van der Waals surface area (Å²) in [4.78, 5) is 0. The van der Waals surface area contributed by atoms with E-state index >= 15 is 0 Å². The summed E-state index contributed by atoms with van der Waals surface area (Å²) in [6, 6.07) is 0. The second kappa shape index (κ2) is 20.4. The molecule has 0 aliphatic heterocycles. The van der Waals surface area contributed by atoms with Gasteiger partial charge in [0.1, 0.15) is 0 Å².